The molecule has 0 unspecified atom stereocenters. The summed E-state index contributed by atoms with van der Waals surface area (Å²) in [7, 11) is 0. The highest BCUT2D eigenvalue weighted by atomic mass is 32.1. The van der Waals surface area contributed by atoms with Crippen LogP contribution < -0.4 is 5.32 Å². The molecule has 0 atom stereocenters. The molecule has 3 heterocycles. The Morgan fingerprint density at radius 2 is 2.19 bits per heavy atom. The van der Waals surface area contributed by atoms with Crippen molar-refractivity contribution in [3.05, 3.63) is 52.4 Å². The van der Waals surface area contributed by atoms with Gasteiger partial charge in [0, 0.05) is 47.7 Å². The van der Waals surface area contributed by atoms with E-state index in [9.17, 15) is 0 Å². The average molecular weight is 299 g/mol. The summed E-state index contributed by atoms with van der Waals surface area (Å²) in [6.07, 6.45) is 8.47. The normalized spacial score (nSPS) is 10.9. The van der Waals surface area contributed by atoms with E-state index < -0.39 is 0 Å². The Morgan fingerprint density at radius 1 is 1.24 bits per heavy atom. The number of rotatable bonds is 6. The summed E-state index contributed by atoms with van der Waals surface area (Å²) in [6, 6.07) is 3.95. The summed E-state index contributed by atoms with van der Waals surface area (Å²) in [6.45, 7) is 3.68. The average Bonchev–Trinajstić information content (AvgIpc) is 3.17. The Bertz CT molecular complexity index is 689. The smallest absolute Gasteiger partial charge is 0.107 e. The summed E-state index contributed by atoms with van der Waals surface area (Å²) in [4.78, 5) is 9.88. The summed E-state index contributed by atoms with van der Waals surface area (Å²) in [5, 5.41) is 11.7. The third-order valence-electron chi connectivity index (χ3n) is 3.21. The molecule has 0 saturated heterocycles. The molecular weight excluding hydrogens is 282 g/mol. The van der Waals surface area contributed by atoms with Gasteiger partial charge in [-0.1, -0.05) is 6.92 Å². The lowest BCUT2D eigenvalue weighted by atomic mass is 10.1. The van der Waals surface area contributed by atoms with Crippen molar-refractivity contribution < 1.29 is 0 Å². The predicted octanol–water partition coefficient (Wildman–Crippen LogP) is 2.78. The number of nitrogens with one attached hydrogen (secondary N) is 2. The van der Waals surface area contributed by atoms with Gasteiger partial charge in [-0.25, -0.2) is 4.98 Å². The molecule has 0 saturated carbocycles. The standard InChI is InChI=1S/C15H17N5S/c1-2-13-9-18-14(21-13)10-17-7-12-8-19-20-15(12)11-4-3-5-16-6-11/h3-6,8-9,17H,2,7,10H2,1H3,(H,19,20). The molecule has 5 nitrogen and oxygen atoms in total. The van der Waals surface area contributed by atoms with Gasteiger partial charge in [0.2, 0.25) is 0 Å². The fourth-order valence-electron chi connectivity index (χ4n) is 2.10. The molecule has 3 aromatic heterocycles. The van der Waals surface area contributed by atoms with Gasteiger partial charge in [-0.05, 0) is 18.6 Å². The Balaban J connectivity index is 1.62. The van der Waals surface area contributed by atoms with Crippen molar-refractivity contribution in [2.45, 2.75) is 26.4 Å². The van der Waals surface area contributed by atoms with Crippen LogP contribution in [0.3, 0.4) is 0 Å². The fraction of sp³-hybridized carbons (Fsp3) is 0.267. The lowest BCUT2D eigenvalue weighted by Gasteiger charge is -2.04. The molecule has 2 N–H and O–H groups in total. The molecule has 0 spiro atoms. The summed E-state index contributed by atoms with van der Waals surface area (Å²) in [5.74, 6) is 0. The van der Waals surface area contributed by atoms with Crippen molar-refractivity contribution >= 4 is 11.3 Å². The molecule has 6 heteroatoms. The highest BCUT2D eigenvalue weighted by Crippen LogP contribution is 2.20. The van der Waals surface area contributed by atoms with Crippen LogP contribution in [-0.2, 0) is 19.5 Å². The van der Waals surface area contributed by atoms with Crippen LogP contribution in [0, 0.1) is 0 Å². The minimum absolute atomic E-state index is 0.752. The number of aromatic amines is 1. The van der Waals surface area contributed by atoms with E-state index in [0.717, 1.165) is 41.3 Å². The lowest BCUT2D eigenvalue weighted by molar-refractivity contribution is 0.691. The van der Waals surface area contributed by atoms with Gasteiger partial charge in [0.05, 0.1) is 11.9 Å². The quantitative estimate of drug-likeness (QED) is 0.734. The van der Waals surface area contributed by atoms with E-state index in [-0.39, 0.29) is 0 Å². The van der Waals surface area contributed by atoms with Crippen molar-refractivity contribution in [3.63, 3.8) is 0 Å². The third-order valence-corrected chi connectivity index (χ3v) is 4.35. The van der Waals surface area contributed by atoms with Crippen LogP contribution in [0.1, 0.15) is 22.4 Å². The number of pyridine rings is 1. The number of hydrogen-bond donors (Lipinski definition) is 2. The molecule has 0 aliphatic rings. The summed E-state index contributed by atoms with van der Waals surface area (Å²) >= 11 is 1.76. The monoisotopic (exact) mass is 299 g/mol. The van der Waals surface area contributed by atoms with Gasteiger partial charge in [0.15, 0.2) is 0 Å². The Morgan fingerprint density at radius 3 is 2.95 bits per heavy atom. The predicted molar refractivity (Wildman–Crippen MR) is 83.9 cm³/mol. The first-order chi connectivity index (χ1) is 10.4. The van der Waals surface area contributed by atoms with Gasteiger partial charge in [-0.3, -0.25) is 10.1 Å². The summed E-state index contributed by atoms with van der Waals surface area (Å²) in [5.41, 5.74) is 3.20. The Hall–Kier alpha value is -2.05. The molecule has 0 aromatic carbocycles. The largest absolute Gasteiger partial charge is 0.306 e. The SMILES string of the molecule is CCc1cnc(CNCc2cn[nH]c2-c2cccnc2)s1. The molecule has 0 bridgehead atoms. The minimum Gasteiger partial charge on any atom is -0.306 e. The van der Waals surface area contributed by atoms with Gasteiger partial charge in [-0.15, -0.1) is 11.3 Å². The number of aromatic nitrogens is 4. The lowest BCUT2D eigenvalue weighted by Crippen LogP contribution is -2.12. The van der Waals surface area contributed by atoms with Gasteiger partial charge in [0.25, 0.3) is 0 Å². The minimum atomic E-state index is 0.752. The molecule has 21 heavy (non-hydrogen) atoms. The van der Waals surface area contributed by atoms with Crippen molar-refractivity contribution in [2.24, 2.45) is 0 Å². The number of hydrogen-bond acceptors (Lipinski definition) is 5. The maximum atomic E-state index is 4.41. The number of aryl methyl sites for hydroxylation is 1. The van der Waals surface area contributed by atoms with E-state index in [2.05, 4.69) is 32.4 Å². The zero-order valence-corrected chi connectivity index (χ0v) is 12.7. The first-order valence-electron chi connectivity index (χ1n) is 6.93. The van der Waals surface area contributed by atoms with Crippen LogP contribution in [-0.4, -0.2) is 20.2 Å². The van der Waals surface area contributed by atoms with Crippen LogP contribution in [0.2, 0.25) is 0 Å². The Kier molecular flexibility index (Phi) is 4.37. The number of H-pyrrole nitrogens is 1. The molecule has 0 radical (unpaired) electrons. The van der Waals surface area contributed by atoms with Crippen molar-refractivity contribution in [1.82, 2.24) is 25.5 Å². The maximum absolute atomic E-state index is 4.41. The molecule has 0 amide bonds. The second-order valence-electron chi connectivity index (χ2n) is 4.69. The van der Waals surface area contributed by atoms with E-state index in [0.29, 0.717) is 0 Å². The van der Waals surface area contributed by atoms with E-state index in [1.165, 1.54) is 4.88 Å². The third kappa shape index (κ3) is 3.34. The zero-order chi connectivity index (χ0) is 14.5. The highest BCUT2D eigenvalue weighted by Gasteiger charge is 2.08. The second kappa shape index (κ2) is 6.60. The summed E-state index contributed by atoms with van der Waals surface area (Å²) < 4.78 is 0. The van der Waals surface area contributed by atoms with Crippen molar-refractivity contribution in [1.29, 1.82) is 0 Å². The second-order valence-corrected chi connectivity index (χ2v) is 5.89. The van der Waals surface area contributed by atoms with Crippen LogP contribution in [0.4, 0.5) is 0 Å². The van der Waals surface area contributed by atoms with E-state index in [4.69, 9.17) is 0 Å². The molecule has 0 aliphatic carbocycles. The molecule has 3 aromatic rings. The van der Waals surface area contributed by atoms with Crippen molar-refractivity contribution in [3.8, 4) is 11.3 Å². The van der Waals surface area contributed by atoms with Crippen LogP contribution >= 0.6 is 11.3 Å². The molecule has 0 fully saturated rings. The first-order valence-corrected chi connectivity index (χ1v) is 7.75. The highest BCUT2D eigenvalue weighted by molar-refractivity contribution is 7.11. The molecule has 0 aliphatic heterocycles. The van der Waals surface area contributed by atoms with Gasteiger partial charge >= 0.3 is 0 Å². The van der Waals surface area contributed by atoms with E-state index in [1.807, 2.05) is 30.7 Å². The van der Waals surface area contributed by atoms with Gasteiger partial charge < -0.3 is 5.32 Å². The molecule has 108 valence electrons. The number of thiazole rings is 1. The first kappa shape index (κ1) is 13.9. The van der Waals surface area contributed by atoms with Crippen LogP contribution in [0.25, 0.3) is 11.3 Å². The van der Waals surface area contributed by atoms with Crippen LogP contribution in [0.15, 0.2) is 36.9 Å². The molecule has 3 rings (SSSR count). The number of nitrogens with zero attached hydrogens (tertiary/aromatic N) is 3. The van der Waals surface area contributed by atoms with Gasteiger partial charge in [0.1, 0.15) is 5.01 Å². The maximum Gasteiger partial charge on any atom is 0.107 e. The topological polar surface area (TPSA) is 66.5 Å². The van der Waals surface area contributed by atoms with Crippen molar-refractivity contribution in [2.75, 3.05) is 0 Å². The van der Waals surface area contributed by atoms with Crippen LogP contribution in [0.5, 0.6) is 0 Å². The fourth-order valence-corrected chi connectivity index (χ4v) is 2.94. The Labute approximate surface area is 127 Å². The van der Waals surface area contributed by atoms with E-state index >= 15 is 0 Å². The zero-order valence-electron chi connectivity index (χ0n) is 11.8. The molecular formula is C15H17N5S. The van der Waals surface area contributed by atoms with E-state index in [1.54, 1.807) is 17.5 Å². The van der Waals surface area contributed by atoms with Gasteiger partial charge in [-0.2, -0.15) is 5.10 Å².